The van der Waals surface area contributed by atoms with Crippen LogP contribution in [0.3, 0.4) is 0 Å². The smallest absolute Gasteiger partial charge is 0.240 e. The van der Waals surface area contributed by atoms with Gasteiger partial charge < -0.3 is 21.3 Å². The largest absolute Gasteiger partial charge is 0.370 e. The van der Waals surface area contributed by atoms with Gasteiger partial charge in [0.1, 0.15) is 4.90 Å². The van der Waals surface area contributed by atoms with Gasteiger partial charge in [-0.1, -0.05) is 0 Å². The SMILES string of the molecule is NC(=O)C1CCN(c2ccc(S(=O)CN[C@@H]3CCNC3)c(S(N)(=O)=O)c2-c2nn[nH]n2)C1. The summed E-state index contributed by atoms with van der Waals surface area (Å²) >= 11 is 0. The van der Waals surface area contributed by atoms with Crippen molar-refractivity contribution in [1.29, 1.82) is 0 Å². The van der Waals surface area contributed by atoms with Crippen LogP contribution in [0.4, 0.5) is 5.69 Å². The van der Waals surface area contributed by atoms with Crippen molar-refractivity contribution in [2.24, 2.45) is 16.8 Å². The van der Waals surface area contributed by atoms with Gasteiger partial charge in [0.2, 0.25) is 21.8 Å². The third-order valence-corrected chi connectivity index (χ3v) is 8.07. The van der Waals surface area contributed by atoms with E-state index in [1.54, 1.807) is 6.07 Å². The van der Waals surface area contributed by atoms with Gasteiger partial charge in [0.05, 0.1) is 33.1 Å². The summed E-state index contributed by atoms with van der Waals surface area (Å²) < 4.78 is 38.6. The minimum atomic E-state index is -4.33. The third-order valence-electron chi connectivity index (χ3n) is 5.69. The molecule has 2 fully saturated rings. The number of benzene rings is 1. The highest BCUT2D eigenvalue weighted by molar-refractivity contribution is 7.91. The summed E-state index contributed by atoms with van der Waals surface area (Å²) in [6.45, 7) is 2.40. The quantitative estimate of drug-likeness (QED) is 0.275. The van der Waals surface area contributed by atoms with E-state index in [0.717, 1.165) is 19.5 Å². The molecule has 3 atom stereocenters. The predicted molar refractivity (Wildman–Crippen MR) is 116 cm³/mol. The minimum absolute atomic E-state index is 0.00153. The van der Waals surface area contributed by atoms with Gasteiger partial charge in [-0.2, -0.15) is 5.21 Å². The Morgan fingerprint density at radius 1 is 1.34 bits per heavy atom. The van der Waals surface area contributed by atoms with E-state index in [2.05, 4.69) is 31.3 Å². The summed E-state index contributed by atoms with van der Waals surface area (Å²) in [5, 5.41) is 25.7. The van der Waals surface area contributed by atoms with E-state index in [-0.39, 0.29) is 39.0 Å². The van der Waals surface area contributed by atoms with E-state index in [0.29, 0.717) is 25.2 Å². The summed E-state index contributed by atoms with van der Waals surface area (Å²) in [6, 6.07) is 3.29. The molecule has 1 aromatic carbocycles. The maximum absolute atomic E-state index is 13.1. The molecule has 0 radical (unpaired) electrons. The Morgan fingerprint density at radius 3 is 2.75 bits per heavy atom. The minimum Gasteiger partial charge on any atom is -0.370 e. The number of anilines is 1. The van der Waals surface area contributed by atoms with Gasteiger partial charge in [-0.05, 0) is 36.7 Å². The average molecular weight is 484 g/mol. The molecule has 174 valence electrons. The van der Waals surface area contributed by atoms with Gasteiger partial charge in [0, 0.05) is 31.4 Å². The van der Waals surface area contributed by atoms with Gasteiger partial charge in [-0.3, -0.25) is 9.00 Å². The van der Waals surface area contributed by atoms with Crippen molar-refractivity contribution in [2.45, 2.75) is 28.7 Å². The number of primary amides is 1. The molecule has 2 aliphatic rings. The Bertz CT molecular complexity index is 1120. The molecular formula is C17H25N9O4S2. The van der Waals surface area contributed by atoms with E-state index in [1.807, 2.05) is 4.90 Å². The molecule has 13 nitrogen and oxygen atoms in total. The second-order valence-electron chi connectivity index (χ2n) is 7.79. The maximum Gasteiger partial charge on any atom is 0.240 e. The first-order valence-electron chi connectivity index (χ1n) is 10.1. The Morgan fingerprint density at radius 2 is 2.16 bits per heavy atom. The van der Waals surface area contributed by atoms with Crippen molar-refractivity contribution < 1.29 is 17.4 Å². The molecule has 4 rings (SSSR count). The van der Waals surface area contributed by atoms with Gasteiger partial charge in [0.15, 0.2) is 0 Å². The number of sulfonamides is 1. The maximum atomic E-state index is 13.1. The van der Waals surface area contributed by atoms with E-state index in [9.17, 15) is 17.4 Å². The van der Waals surface area contributed by atoms with E-state index >= 15 is 0 Å². The van der Waals surface area contributed by atoms with Crippen LogP contribution < -0.4 is 26.4 Å². The van der Waals surface area contributed by atoms with Crippen LogP contribution in [-0.2, 0) is 25.6 Å². The fourth-order valence-corrected chi connectivity index (χ4v) is 6.60. The van der Waals surface area contributed by atoms with Crippen LogP contribution >= 0.6 is 0 Å². The molecule has 0 saturated carbocycles. The van der Waals surface area contributed by atoms with Gasteiger partial charge in [0.25, 0.3) is 0 Å². The molecule has 2 aromatic rings. The molecule has 2 aliphatic heterocycles. The van der Waals surface area contributed by atoms with Crippen LogP contribution in [0, 0.1) is 5.92 Å². The zero-order valence-corrected chi connectivity index (χ0v) is 18.8. The summed E-state index contributed by atoms with van der Waals surface area (Å²) in [7, 11) is -6.04. The standard InChI is InChI=1S/C17H25N9O4S2/c18-16(27)10-4-6-26(8-10)12-1-2-13(31(28)9-21-11-3-5-20-7-11)15(32(19,29)30)14(12)17-22-24-25-23-17/h1-2,10-11,20-21H,3-9H2,(H2,18,27)(H2,19,29,30)(H,22,23,24,25)/t10?,11-,31?/m1/s1. The fourth-order valence-electron chi connectivity index (χ4n) is 4.07. The van der Waals surface area contributed by atoms with Crippen LogP contribution in [-0.4, -0.2) is 77.3 Å². The zero-order valence-electron chi connectivity index (χ0n) is 17.2. The first-order valence-corrected chi connectivity index (χ1v) is 12.9. The van der Waals surface area contributed by atoms with Crippen LogP contribution in [0.15, 0.2) is 21.9 Å². The Hall–Kier alpha value is -2.46. The molecule has 32 heavy (non-hydrogen) atoms. The molecule has 15 heteroatoms. The number of aromatic nitrogens is 4. The van der Waals surface area contributed by atoms with Crippen molar-refractivity contribution in [2.75, 3.05) is 37.0 Å². The highest BCUT2D eigenvalue weighted by Crippen LogP contribution is 2.39. The number of carbonyl (C=O) groups excluding carboxylic acids is 1. The summed E-state index contributed by atoms with van der Waals surface area (Å²) in [6.07, 6.45) is 1.42. The van der Waals surface area contributed by atoms with Crippen molar-refractivity contribution >= 4 is 32.4 Å². The Kier molecular flexibility index (Phi) is 6.52. The number of hydrogen-bond donors (Lipinski definition) is 5. The molecule has 0 spiro atoms. The van der Waals surface area contributed by atoms with Gasteiger partial charge in [-0.25, -0.2) is 13.6 Å². The number of tetrazole rings is 1. The van der Waals surface area contributed by atoms with Crippen molar-refractivity contribution in [1.82, 2.24) is 31.3 Å². The van der Waals surface area contributed by atoms with Crippen LogP contribution in [0.25, 0.3) is 11.4 Å². The molecule has 3 heterocycles. The highest BCUT2D eigenvalue weighted by Gasteiger charge is 2.34. The summed E-state index contributed by atoms with van der Waals surface area (Å²) in [5.41, 5.74) is 5.99. The lowest BCUT2D eigenvalue weighted by Gasteiger charge is -2.23. The van der Waals surface area contributed by atoms with Crippen molar-refractivity contribution in [3.05, 3.63) is 12.1 Å². The number of hydrogen-bond acceptors (Lipinski definition) is 10. The lowest BCUT2D eigenvalue weighted by Crippen LogP contribution is -2.34. The van der Waals surface area contributed by atoms with Crippen molar-refractivity contribution in [3.63, 3.8) is 0 Å². The highest BCUT2D eigenvalue weighted by atomic mass is 32.2. The molecule has 2 saturated heterocycles. The number of primary sulfonamides is 1. The molecule has 7 N–H and O–H groups in total. The second-order valence-corrected chi connectivity index (χ2v) is 10.7. The molecular weight excluding hydrogens is 458 g/mol. The number of nitrogens with two attached hydrogens (primary N) is 2. The van der Waals surface area contributed by atoms with Crippen LogP contribution in [0.2, 0.25) is 0 Å². The molecule has 1 amide bonds. The lowest BCUT2D eigenvalue weighted by molar-refractivity contribution is -0.121. The first kappa shape index (κ1) is 22.7. The normalized spacial score (nSPS) is 22.3. The third kappa shape index (κ3) is 4.66. The number of carbonyl (C=O) groups is 1. The summed E-state index contributed by atoms with van der Waals surface area (Å²) in [5.74, 6) is -0.735. The number of aromatic amines is 1. The Balaban J connectivity index is 1.78. The molecule has 0 aliphatic carbocycles. The number of H-pyrrole nitrogens is 1. The van der Waals surface area contributed by atoms with E-state index in [1.165, 1.54) is 6.07 Å². The van der Waals surface area contributed by atoms with Crippen LogP contribution in [0.1, 0.15) is 12.8 Å². The van der Waals surface area contributed by atoms with Gasteiger partial charge in [-0.15, -0.1) is 10.2 Å². The van der Waals surface area contributed by atoms with E-state index in [4.69, 9.17) is 10.9 Å². The first-order chi connectivity index (χ1) is 15.3. The topological polar surface area (TPSA) is 202 Å². The van der Waals surface area contributed by atoms with Crippen molar-refractivity contribution in [3.8, 4) is 11.4 Å². The fraction of sp³-hybridized carbons (Fsp3) is 0.529. The molecule has 0 bridgehead atoms. The number of nitrogens with zero attached hydrogens (tertiary/aromatic N) is 4. The predicted octanol–water partition coefficient (Wildman–Crippen LogP) is -2.16. The monoisotopic (exact) mass is 483 g/mol. The summed E-state index contributed by atoms with van der Waals surface area (Å²) in [4.78, 5) is 13.2. The average Bonchev–Trinajstić information content (AvgIpc) is 3.52. The second kappa shape index (κ2) is 9.19. The number of amides is 1. The number of nitrogens with one attached hydrogen (secondary N) is 3. The van der Waals surface area contributed by atoms with Gasteiger partial charge >= 0.3 is 0 Å². The lowest BCUT2D eigenvalue weighted by atomic mass is 10.1. The molecule has 2 unspecified atom stereocenters. The van der Waals surface area contributed by atoms with E-state index < -0.39 is 26.7 Å². The van der Waals surface area contributed by atoms with Crippen LogP contribution in [0.5, 0.6) is 0 Å². The zero-order chi connectivity index (χ0) is 22.9. The molecule has 1 aromatic heterocycles. The number of rotatable bonds is 8. The Labute approximate surface area is 187 Å².